The Labute approximate surface area is 185 Å². The van der Waals surface area contributed by atoms with Crippen LogP contribution in [0, 0.1) is 0 Å². The van der Waals surface area contributed by atoms with E-state index in [-0.39, 0.29) is 18.5 Å². The van der Waals surface area contributed by atoms with Crippen molar-refractivity contribution in [2.45, 2.75) is 32.9 Å². The van der Waals surface area contributed by atoms with Gasteiger partial charge in [0.2, 0.25) is 5.91 Å². The Kier molecular flexibility index (Phi) is 4.76. The van der Waals surface area contributed by atoms with Gasteiger partial charge >= 0.3 is 0 Å². The van der Waals surface area contributed by atoms with Gasteiger partial charge in [-0.2, -0.15) is 5.10 Å². The molecular weight excluding hydrogens is 406 g/mol. The molecule has 1 aliphatic rings. The number of benzene rings is 1. The zero-order valence-electron chi connectivity index (χ0n) is 18.3. The Morgan fingerprint density at radius 1 is 1.12 bits per heavy atom. The molecule has 0 radical (unpaired) electrons. The number of nitrogens with one attached hydrogen (secondary N) is 1. The van der Waals surface area contributed by atoms with E-state index < -0.39 is 0 Å². The van der Waals surface area contributed by atoms with E-state index in [9.17, 15) is 4.79 Å². The average molecular weight is 432 g/mol. The first-order chi connectivity index (χ1) is 15.4. The Morgan fingerprint density at radius 3 is 2.72 bits per heavy atom. The fraction of sp³-hybridized carbons (Fsp3) is 0.318. The molecule has 3 N–H and O–H groups in total. The van der Waals surface area contributed by atoms with Gasteiger partial charge in [-0.1, -0.05) is 0 Å². The summed E-state index contributed by atoms with van der Waals surface area (Å²) in [5.41, 5.74) is 10.4. The fourth-order valence-electron chi connectivity index (χ4n) is 4.14. The molecule has 1 amide bonds. The third kappa shape index (κ3) is 3.53. The number of carbonyl (C=O) groups is 1. The van der Waals surface area contributed by atoms with E-state index in [1.54, 1.807) is 17.2 Å². The van der Waals surface area contributed by atoms with Gasteiger partial charge in [0.15, 0.2) is 11.6 Å². The third-order valence-corrected chi connectivity index (χ3v) is 5.79. The molecule has 0 bridgehead atoms. The summed E-state index contributed by atoms with van der Waals surface area (Å²) in [5.74, 6) is 1.27. The summed E-state index contributed by atoms with van der Waals surface area (Å²) in [6.07, 6.45) is 4.31. The zero-order chi connectivity index (χ0) is 22.4. The molecule has 4 aromatic rings. The van der Waals surface area contributed by atoms with Gasteiger partial charge in [-0.05, 0) is 32.0 Å². The smallest absolute Gasteiger partial charge is 0.244 e. The van der Waals surface area contributed by atoms with Crippen molar-refractivity contribution in [1.29, 1.82) is 0 Å². The Morgan fingerprint density at radius 2 is 1.97 bits per heavy atom. The number of hydrogen-bond acceptors (Lipinski definition) is 7. The quantitative estimate of drug-likeness (QED) is 0.476. The minimum absolute atomic E-state index is 0.0806. The van der Waals surface area contributed by atoms with E-state index in [1.807, 2.05) is 54.6 Å². The van der Waals surface area contributed by atoms with Gasteiger partial charge in [0, 0.05) is 48.8 Å². The summed E-state index contributed by atoms with van der Waals surface area (Å²) in [7, 11) is 1.94. The van der Waals surface area contributed by atoms with Crippen molar-refractivity contribution in [2.24, 2.45) is 7.05 Å². The summed E-state index contributed by atoms with van der Waals surface area (Å²) in [6.45, 7) is 4.99. The first kappa shape index (κ1) is 20.0. The van der Waals surface area contributed by atoms with E-state index in [0.717, 1.165) is 28.8 Å². The largest absolute Gasteiger partial charge is 0.397 e. The number of anilines is 3. The fourth-order valence-corrected chi connectivity index (χ4v) is 4.14. The summed E-state index contributed by atoms with van der Waals surface area (Å²) < 4.78 is 3.70. The highest BCUT2D eigenvalue weighted by atomic mass is 16.2. The number of fused-ring (bicyclic) bond motifs is 2. The van der Waals surface area contributed by atoms with Gasteiger partial charge < -0.3 is 20.5 Å². The van der Waals surface area contributed by atoms with Crippen molar-refractivity contribution in [3.63, 3.8) is 0 Å². The van der Waals surface area contributed by atoms with Gasteiger partial charge in [0.05, 0.1) is 23.9 Å². The molecule has 5 rings (SSSR count). The third-order valence-electron chi connectivity index (χ3n) is 5.79. The van der Waals surface area contributed by atoms with Crippen molar-refractivity contribution in [2.75, 3.05) is 17.6 Å². The predicted molar refractivity (Wildman–Crippen MR) is 122 cm³/mol. The number of aryl methyl sites for hydroxylation is 1. The lowest BCUT2D eigenvalue weighted by atomic mass is 10.1. The van der Waals surface area contributed by atoms with Crippen LogP contribution < -0.4 is 11.1 Å². The minimum Gasteiger partial charge on any atom is -0.397 e. The van der Waals surface area contributed by atoms with Gasteiger partial charge in [0.1, 0.15) is 12.1 Å². The van der Waals surface area contributed by atoms with Crippen molar-refractivity contribution >= 4 is 34.1 Å². The van der Waals surface area contributed by atoms with Crippen LogP contribution >= 0.6 is 0 Å². The maximum Gasteiger partial charge on any atom is 0.244 e. The second-order valence-corrected chi connectivity index (χ2v) is 8.36. The second-order valence-electron chi connectivity index (χ2n) is 8.36. The lowest BCUT2D eigenvalue weighted by Crippen LogP contribution is -2.38. The van der Waals surface area contributed by atoms with Crippen LogP contribution in [0.3, 0.4) is 0 Å². The van der Waals surface area contributed by atoms with E-state index in [2.05, 4.69) is 25.6 Å². The molecule has 0 unspecified atom stereocenters. The number of amides is 1. The molecule has 0 atom stereocenters. The van der Waals surface area contributed by atoms with Crippen molar-refractivity contribution in [3.8, 4) is 11.3 Å². The molecule has 164 valence electrons. The number of nitrogen functional groups attached to an aromatic ring is 1. The molecule has 1 aromatic carbocycles. The number of nitrogens with zero attached hydrogens (tertiary/aromatic N) is 7. The Balaban J connectivity index is 1.43. The predicted octanol–water partition coefficient (Wildman–Crippen LogP) is 2.35. The first-order valence-electron chi connectivity index (χ1n) is 10.6. The zero-order valence-corrected chi connectivity index (χ0v) is 18.3. The van der Waals surface area contributed by atoms with Crippen molar-refractivity contribution in [3.05, 3.63) is 42.5 Å². The number of imidazole rings is 1. The second kappa shape index (κ2) is 7.63. The minimum atomic E-state index is 0.0806. The standard InChI is InChI=1S/C22H25N9O/c1-13(2)30-5-4-16-9-20(28-31(16)11-21(30)32)25-19-8-15-6-14(18-10-24-12-29(18)3)7-17(23)22(15)27-26-19/h6-10,12-13H,4-5,11,23H2,1-3H3,(H,25,26,28). The highest BCUT2D eigenvalue weighted by molar-refractivity contribution is 5.94. The maximum absolute atomic E-state index is 12.5. The summed E-state index contributed by atoms with van der Waals surface area (Å²) >= 11 is 0. The molecule has 0 fully saturated rings. The average Bonchev–Trinajstić information content (AvgIpc) is 3.29. The molecule has 32 heavy (non-hydrogen) atoms. The van der Waals surface area contributed by atoms with Crippen LogP contribution in [-0.2, 0) is 24.8 Å². The van der Waals surface area contributed by atoms with Crippen LogP contribution in [0.25, 0.3) is 22.2 Å². The van der Waals surface area contributed by atoms with E-state index in [1.165, 1.54) is 0 Å². The molecule has 0 saturated heterocycles. The number of rotatable bonds is 4. The van der Waals surface area contributed by atoms with E-state index >= 15 is 0 Å². The molecule has 1 aliphatic heterocycles. The molecule has 10 nitrogen and oxygen atoms in total. The van der Waals surface area contributed by atoms with Crippen LogP contribution in [0.4, 0.5) is 17.3 Å². The highest BCUT2D eigenvalue weighted by Crippen LogP contribution is 2.29. The summed E-state index contributed by atoms with van der Waals surface area (Å²) in [4.78, 5) is 18.6. The number of aromatic nitrogens is 6. The molecule has 3 aromatic heterocycles. The Hall–Kier alpha value is -3.95. The van der Waals surface area contributed by atoms with Gasteiger partial charge in [0.25, 0.3) is 0 Å². The molecule has 4 heterocycles. The molecular formula is C22H25N9O. The van der Waals surface area contributed by atoms with Crippen LogP contribution in [-0.4, -0.2) is 52.9 Å². The van der Waals surface area contributed by atoms with Crippen LogP contribution in [0.5, 0.6) is 0 Å². The monoisotopic (exact) mass is 431 g/mol. The molecule has 10 heteroatoms. The molecule has 0 spiro atoms. The lowest BCUT2D eigenvalue weighted by Gasteiger charge is -2.24. The van der Waals surface area contributed by atoms with Gasteiger partial charge in [-0.15, -0.1) is 10.2 Å². The number of hydrogen-bond donors (Lipinski definition) is 2. The maximum atomic E-state index is 12.5. The topological polar surface area (TPSA) is 120 Å². The first-order valence-corrected chi connectivity index (χ1v) is 10.6. The van der Waals surface area contributed by atoms with Crippen LogP contribution in [0.1, 0.15) is 19.5 Å². The van der Waals surface area contributed by atoms with E-state index in [0.29, 0.717) is 29.4 Å². The van der Waals surface area contributed by atoms with Crippen molar-refractivity contribution in [1.82, 2.24) is 34.4 Å². The van der Waals surface area contributed by atoms with Crippen LogP contribution in [0.15, 0.2) is 36.8 Å². The molecule has 0 saturated carbocycles. The van der Waals surface area contributed by atoms with Crippen LogP contribution in [0.2, 0.25) is 0 Å². The highest BCUT2D eigenvalue weighted by Gasteiger charge is 2.23. The summed E-state index contributed by atoms with van der Waals surface area (Å²) in [5, 5.41) is 17.2. The number of nitrogens with two attached hydrogens (primary N) is 1. The van der Waals surface area contributed by atoms with E-state index in [4.69, 9.17) is 5.73 Å². The lowest BCUT2D eigenvalue weighted by molar-refractivity contribution is -0.133. The SMILES string of the molecule is CC(C)N1CCc2cc(Nc3cc4cc(-c5cncn5C)cc(N)c4nn3)nn2CC1=O. The molecule has 0 aliphatic carbocycles. The van der Waals surface area contributed by atoms with Gasteiger partial charge in [-0.3, -0.25) is 9.48 Å². The summed E-state index contributed by atoms with van der Waals surface area (Å²) in [6, 6.07) is 7.94. The number of carbonyl (C=O) groups excluding carboxylic acids is 1. The Bertz CT molecular complexity index is 1320. The normalized spacial score (nSPS) is 14.1. The van der Waals surface area contributed by atoms with Gasteiger partial charge in [-0.25, -0.2) is 4.98 Å². The van der Waals surface area contributed by atoms with Crippen molar-refractivity contribution < 1.29 is 4.79 Å².